The van der Waals surface area contributed by atoms with Gasteiger partial charge in [0.15, 0.2) is 8.32 Å². The number of nitrogens with zero attached hydrogens (tertiary/aromatic N) is 1. The summed E-state index contributed by atoms with van der Waals surface area (Å²) in [6, 6.07) is 7.12. The number of rotatable bonds is 12. The van der Waals surface area contributed by atoms with Gasteiger partial charge in [0, 0.05) is 0 Å². The van der Waals surface area contributed by atoms with Crippen molar-refractivity contribution in [2.45, 2.75) is 81.5 Å². The van der Waals surface area contributed by atoms with Gasteiger partial charge in [0.1, 0.15) is 0 Å². The fraction of sp³-hybridized carbons (Fsp3) is 0.560. The number of aromatic nitrogens is 1. The Kier molecular flexibility index (Phi) is 10.1. The first-order valence-electron chi connectivity index (χ1n) is 11.9. The van der Waals surface area contributed by atoms with Gasteiger partial charge in [-0.25, -0.2) is 13.4 Å². The van der Waals surface area contributed by atoms with Crippen LogP contribution in [0.25, 0.3) is 10.2 Å². The Labute approximate surface area is 224 Å². The van der Waals surface area contributed by atoms with Crippen molar-refractivity contribution < 1.29 is 39.2 Å². The molecule has 0 atom stereocenters. The summed E-state index contributed by atoms with van der Waals surface area (Å²) in [7, 11) is -6.81. The molecule has 0 N–H and O–H groups in total. The van der Waals surface area contributed by atoms with Crippen LogP contribution in [0.15, 0.2) is 52.9 Å². The van der Waals surface area contributed by atoms with E-state index in [2.05, 4.69) is 4.98 Å². The number of sulfone groups is 1. The zero-order chi connectivity index (χ0) is 29.0. The maximum atomic E-state index is 13.7. The molecule has 1 aromatic heterocycles. The van der Waals surface area contributed by atoms with Gasteiger partial charge in [-0.1, -0.05) is 44.2 Å². The Hall–Kier alpha value is -1.70. The third-order valence-corrected chi connectivity index (χ3v) is 9.61. The van der Waals surface area contributed by atoms with Gasteiger partial charge >= 0.3 is 12.4 Å². The lowest BCUT2D eigenvalue weighted by molar-refractivity contribution is -0.340. The average molecular weight is 602 g/mol. The normalized spacial score (nSPS) is 14.8. The van der Waals surface area contributed by atoms with Crippen LogP contribution in [0.3, 0.4) is 0 Å². The molecule has 0 saturated carbocycles. The molecule has 0 aliphatic carbocycles. The lowest BCUT2D eigenvalue weighted by Crippen LogP contribution is -2.61. The summed E-state index contributed by atoms with van der Waals surface area (Å²) in [5, 5.41) is 0. The number of thiazole rings is 1. The minimum atomic E-state index is -5.66. The highest BCUT2D eigenvalue weighted by molar-refractivity contribution is 7.93. The number of para-hydroxylation sites is 1. The van der Waals surface area contributed by atoms with Gasteiger partial charge in [0.05, 0.1) is 16.0 Å². The Morgan fingerprint density at radius 2 is 1.58 bits per heavy atom. The second kappa shape index (κ2) is 11.8. The number of alkyl halides is 6. The minimum Gasteiger partial charge on any atom is -0.394 e. The Balaban J connectivity index is 1.96. The van der Waals surface area contributed by atoms with Crippen molar-refractivity contribution in [1.82, 2.24) is 4.98 Å². The van der Waals surface area contributed by atoms with E-state index in [1.165, 1.54) is 25.7 Å². The summed E-state index contributed by atoms with van der Waals surface area (Å²) in [6.07, 6.45) is -5.51. The molecule has 0 radical (unpaired) electrons. The maximum absolute atomic E-state index is 13.7. The first kappa shape index (κ1) is 32.5. The largest absolute Gasteiger partial charge is 0.429 e. The van der Waals surface area contributed by atoms with E-state index in [-0.39, 0.29) is 22.6 Å². The first-order valence-corrected chi connectivity index (χ1v) is 17.8. The molecule has 4 nitrogen and oxygen atoms in total. The van der Waals surface area contributed by atoms with Crippen LogP contribution in [-0.2, 0) is 14.3 Å². The quantitative estimate of drug-likeness (QED) is 0.106. The third-order valence-electron chi connectivity index (χ3n) is 5.58. The molecule has 38 heavy (non-hydrogen) atoms. The zero-order valence-corrected chi connectivity index (χ0v) is 24.5. The minimum absolute atomic E-state index is 0.0222. The predicted octanol–water partition coefficient (Wildman–Crippen LogP) is 8.48. The molecule has 214 valence electrons. The summed E-state index contributed by atoms with van der Waals surface area (Å²) >= 11 is 1.10. The van der Waals surface area contributed by atoms with Gasteiger partial charge in [0.2, 0.25) is 14.2 Å². The van der Waals surface area contributed by atoms with Gasteiger partial charge in [-0.3, -0.25) is 0 Å². The van der Waals surface area contributed by atoms with E-state index in [0.29, 0.717) is 24.8 Å². The monoisotopic (exact) mass is 601 g/mol. The molecule has 0 saturated heterocycles. The van der Waals surface area contributed by atoms with Crippen LogP contribution in [0.1, 0.15) is 39.5 Å². The summed E-state index contributed by atoms with van der Waals surface area (Å²) in [6.45, 7) is 7.32. The highest BCUT2D eigenvalue weighted by Gasteiger charge is 2.71. The van der Waals surface area contributed by atoms with Crippen LogP contribution in [0.5, 0.6) is 0 Å². The molecule has 0 aliphatic rings. The highest BCUT2D eigenvalue weighted by atomic mass is 32.2. The second-order valence-corrected chi connectivity index (χ2v) is 18.5. The Morgan fingerprint density at radius 1 is 0.974 bits per heavy atom. The number of hydrogen-bond donors (Lipinski definition) is 0. The van der Waals surface area contributed by atoms with Crippen LogP contribution in [0.4, 0.5) is 26.3 Å². The predicted molar refractivity (Wildman–Crippen MR) is 141 cm³/mol. The number of halogens is 6. The highest BCUT2D eigenvalue weighted by Crippen LogP contribution is 2.48. The topological polar surface area (TPSA) is 56.3 Å². The molecule has 13 heteroatoms. The average Bonchev–Trinajstić information content (AvgIpc) is 3.18. The van der Waals surface area contributed by atoms with Crippen molar-refractivity contribution in [3.05, 3.63) is 48.6 Å². The van der Waals surface area contributed by atoms with Crippen molar-refractivity contribution in [3.63, 3.8) is 0 Å². The molecule has 0 fully saturated rings. The maximum Gasteiger partial charge on any atom is 0.429 e. The van der Waals surface area contributed by atoms with Gasteiger partial charge < -0.3 is 4.43 Å². The van der Waals surface area contributed by atoms with E-state index in [4.69, 9.17) is 4.43 Å². The molecule has 1 aromatic carbocycles. The third kappa shape index (κ3) is 8.65. The summed E-state index contributed by atoms with van der Waals surface area (Å²) in [5.41, 5.74) is -4.32. The van der Waals surface area contributed by atoms with E-state index >= 15 is 0 Å². The number of benzene rings is 1. The number of hydrogen-bond acceptors (Lipinski definition) is 5. The van der Waals surface area contributed by atoms with E-state index in [1.54, 1.807) is 44.2 Å². The number of allylic oxidation sites excluding steroid dienone is 2. The number of unbranched alkanes of at least 4 members (excludes halogenated alkanes) is 1. The first-order chi connectivity index (χ1) is 17.2. The molecular formula is C25H33F6NO3S2Si. The zero-order valence-electron chi connectivity index (χ0n) is 21.9. The van der Waals surface area contributed by atoms with Gasteiger partial charge in [0.25, 0.3) is 5.60 Å². The van der Waals surface area contributed by atoms with E-state index < -0.39 is 41.5 Å². The van der Waals surface area contributed by atoms with Gasteiger partial charge in [-0.2, -0.15) is 26.3 Å². The van der Waals surface area contributed by atoms with Crippen molar-refractivity contribution in [2.24, 2.45) is 5.41 Å². The molecule has 2 rings (SSSR count). The van der Waals surface area contributed by atoms with Crippen LogP contribution < -0.4 is 0 Å². The van der Waals surface area contributed by atoms with Gasteiger partial charge in [-0.05, 0) is 68.9 Å². The van der Waals surface area contributed by atoms with Gasteiger partial charge in [-0.15, -0.1) is 11.3 Å². The molecule has 0 unspecified atom stereocenters. The van der Waals surface area contributed by atoms with Crippen molar-refractivity contribution in [1.29, 1.82) is 0 Å². The smallest absolute Gasteiger partial charge is 0.394 e. The van der Waals surface area contributed by atoms with Crippen LogP contribution >= 0.6 is 11.3 Å². The molecule has 2 aromatic rings. The van der Waals surface area contributed by atoms with E-state index in [1.807, 2.05) is 0 Å². The lowest BCUT2D eigenvalue weighted by Gasteiger charge is -2.39. The van der Waals surface area contributed by atoms with Crippen molar-refractivity contribution >= 4 is 39.7 Å². The van der Waals surface area contributed by atoms with E-state index in [9.17, 15) is 34.8 Å². The fourth-order valence-electron chi connectivity index (χ4n) is 3.69. The second-order valence-electron chi connectivity index (χ2n) is 10.8. The van der Waals surface area contributed by atoms with Crippen LogP contribution in [0, 0.1) is 5.41 Å². The van der Waals surface area contributed by atoms with Crippen LogP contribution in [0.2, 0.25) is 19.6 Å². The molecule has 0 amide bonds. The van der Waals surface area contributed by atoms with Crippen LogP contribution in [-0.4, -0.2) is 45.4 Å². The van der Waals surface area contributed by atoms with Crippen molar-refractivity contribution in [3.8, 4) is 0 Å². The molecule has 1 heterocycles. The molecule has 0 bridgehead atoms. The SMILES string of the molecule is CC(C)(C/C=C\C(O[Si](C)(C)C)(C(F)(F)F)C(F)(F)F)CCC/C=C/CS(=O)(=O)c1nc2ccccc2s1. The summed E-state index contributed by atoms with van der Waals surface area (Å²) in [4.78, 5) is 4.17. The Morgan fingerprint density at radius 3 is 2.13 bits per heavy atom. The lowest BCUT2D eigenvalue weighted by atomic mass is 9.83. The van der Waals surface area contributed by atoms with Crippen molar-refractivity contribution in [2.75, 3.05) is 5.75 Å². The standard InChI is InChI=1S/C25H33F6NO3S2Si/c1-22(2,16-12-17-23(24(26,27)28,25(29,30)31)35-38(3,4)5)15-10-6-7-11-18-37(33,34)21-32-19-13-8-9-14-20(19)36-21/h7-9,11-14,17H,6,10,15-16,18H2,1-5H3/b11-7+,17-12-. The molecular weight excluding hydrogens is 568 g/mol. The summed E-state index contributed by atoms with van der Waals surface area (Å²) in [5.74, 6) is -0.215. The fourth-order valence-corrected chi connectivity index (χ4v) is 7.41. The summed E-state index contributed by atoms with van der Waals surface area (Å²) < 4.78 is 113. The molecule has 0 spiro atoms. The Bertz CT molecular complexity index is 1200. The van der Waals surface area contributed by atoms with E-state index in [0.717, 1.165) is 22.1 Å². The molecule has 0 aliphatic heterocycles. The number of fused-ring (bicyclic) bond motifs is 1.